The lowest BCUT2D eigenvalue weighted by atomic mass is 9.97. The first-order valence-corrected chi connectivity index (χ1v) is 8.20. The minimum Gasteiger partial charge on any atom is -0.410 e. The first-order valence-electron chi connectivity index (χ1n) is 8.20. The van der Waals surface area contributed by atoms with Crippen molar-refractivity contribution in [2.24, 2.45) is 0 Å². The van der Waals surface area contributed by atoms with E-state index < -0.39 is 6.09 Å². The zero-order valence-electron chi connectivity index (χ0n) is 13.1. The van der Waals surface area contributed by atoms with Gasteiger partial charge < -0.3 is 20.3 Å². The highest BCUT2D eigenvalue weighted by Crippen LogP contribution is 2.49. The van der Waals surface area contributed by atoms with E-state index in [1.807, 2.05) is 12.1 Å². The fourth-order valence-electron chi connectivity index (χ4n) is 4.13. The number of likely N-dealkylation sites (N-methyl/N-ethyl adjacent to an activating group) is 1. The fourth-order valence-corrected chi connectivity index (χ4v) is 4.13. The van der Waals surface area contributed by atoms with Crippen LogP contribution >= 0.6 is 0 Å². The third kappa shape index (κ3) is 2.24. The molecule has 22 heavy (non-hydrogen) atoms. The molecule has 118 valence electrons. The number of ether oxygens (including phenoxy) is 1. The van der Waals surface area contributed by atoms with Crippen LogP contribution in [-0.4, -0.2) is 38.3 Å². The van der Waals surface area contributed by atoms with Crippen LogP contribution < -0.4 is 20.3 Å². The van der Waals surface area contributed by atoms with Gasteiger partial charge in [0.15, 0.2) is 0 Å². The van der Waals surface area contributed by atoms with Crippen molar-refractivity contribution in [3.05, 3.63) is 23.8 Å². The molecule has 3 aliphatic rings. The van der Waals surface area contributed by atoms with Crippen molar-refractivity contribution < 1.29 is 9.53 Å². The molecule has 5 nitrogen and oxygen atoms in total. The predicted octanol–water partition coefficient (Wildman–Crippen LogP) is 2.22. The number of carbonyl (C=O) groups is 1. The Morgan fingerprint density at radius 3 is 2.82 bits per heavy atom. The Balaban J connectivity index is 1.58. The van der Waals surface area contributed by atoms with Gasteiger partial charge in [-0.15, -0.1) is 0 Å². The normalized spacial score (nSPS) is 29.2. The van der Waals surface area contributed by atoms with Gasteiger partial charge >= 0.3 is 6.09 Å². The highest BCUT2D eigenvalue weighted by Gasteiger charge is 2.46. The Hall–Kier alpha value is -1.75. The number of nitrogens with zero attached hydrogens (tertiary/aromatic N) is 1. The van der Waals surface area contributed by atoms with Gasteiger partial charge in [0.1, 0.15) is 5.75 Å². The van der Waals surface area contributed by atoms with Crippen molar-refractivity contribution >= 4 is 11.8 Å². The minimum absolute atomic E-state index is 0.414. The number of hydrogen-bond acceptors (Lipinski definition) is 4. The molecular formula is C17H23N3O2. The molecule has 0 saturated heterocycles. The van der Waals surface area contributed by atoms with Crippen molar-refractivity contribution in [2.75, 3.05) is 19.0 Å². The Labute approximate surface area is 131 Å². The molecular weight excluding hydrogens is 278 g/mol. The van der Waals surface area contributed by atoms with E-state index in [1.165, 1.54) is 36.9 Å². The molecule has 0 spiro atoms. The van der Waals surface area contributed by atoms with Crippen LogP contribution in [0.3, 0.4) is 0 Å². The van der Waals surface area contributed by atoms with Gasteiger partial charge in [-0.25, -0.2) is 4.79 Å². The monoisotopic (exact) mass is 301 g/mol. The Bertz CT molecular complexity index is 600. The molecule has 1 aromatic carbocycles. The van der Waals surface area contributed by atoms with E-state index in [-0.39, 0.29) is 0 Å². The number of hydrogen-bond donors (Lipinski definition) is 2. The highest BCUT2D eigenvalue weighted by molar-refractivity contribution is 5.71. The van der Waals surface area contributed by atoms with Crippen LogP contribution in [0.1, 0.15) is 37.2 Å². The van der Waals surface area contributed by atoms with Crippen molar-refractivity contribution in [1.82, 2.24) is 10.6 Å². The largest absolute Gasteiger partial charge is 0.412 e. The van der Waals surface area contributed by atoms with Gasteiger partial charge in [0.05, 0.1) is 6.04 Å². The van der Waals surface area contributed by atoms with Crippen LogP contribution in [0, 0.1) is 0 Å². The van der Waals surface area contributed by atoms with E-state index in [0.717, 1.165) is 6.04 Å². The summed E-state index contributed by atoms with van der Waals surface area (Å²) in [6.07, 6.45) is 4.68. The SMILES string of the molecule is CNC(=O)Oc1ccc2c(c1)C1CCC(NC3CC3)C1N2C. The standard InChI is InChI=1S/C17H23N3O2/c1-18-17(21)22-11-5-8-15-13(9-11)12-6-7-14(16(12)20(15)2)19-10-3-4-10/h5,8-10,12,14,16,19H,3-4,6-7H2,1-2H3,(H,18,21). The number of benzene rings is 1. The van der Waals surface area contributed by atoms with Gasteiger partial charge in [0, 0.05) is 37.8 Å². The Kier molecular flexibility index (Phi) is 3.26. The second-order valence-corrected chi connectivity index (χ2v) is 6.69. The number of amides is 1. The first-order chi connectivity index (χ1) is 10.7. The summed E-state index contributed by atoms with van der Waals surface area (Å²) >= 11 is 0. The first kappa shape index (κ1) is 13.9. The van der Waals surface area contributed by atoms with Crippen molar-refractivity contribution in [3.8, 4) is 5.75 Å². The molecule has 1 aliphatic heterocycles. The van der Waals surface area contributed by atoms with E-state index in [4.69, 9.17) is 4.74 Å². The Morgan fingerprint density at radius 2 is 2.09 bits per heavy atom. The van der Waals surface area contributed by atoms with E-state index in [0.29, 0.717) is 23.8 Å². The summed E-state index contributed by atoms with van der Waals surface area (Å²) < 4.78 is 5.29. The van der Waals surface area contributed by atoms with Gasteiger partial charge in [-0.3, -0.25) is 0 Å². The van der Waals surface area contributed by atoms with Gasteiger partial charge in [0.2, 0.25) is 0 Å². The summed E-state index contributed by atoms with van der Waals surface area (Å²) in [5.41, 5.74) is 2.61. The lowest BCUT2D eigenvalue weighted by Crippen LogP contribution is -2.45. The molecule has 1 heterocycles. The molecule has 1 amide bonds. The van der Waals surface area contributed by atoms with E-state index >= 15 is 0 Å². The van der Waals surface area contributed by atoms with Crippen LogP contribution in [0.25, 0.3) is 0 Å². The van der Waals surface area contributed by atoms with Crippen LogP contribution in [0.2, 0.25) is 0 Å². The van der Waals surface area contributed by atoms with Crippen molar-refractivity contribution in [1.29, 1.82) is 0 Å². The summed E-state index contributed by atoms with van der Waals surface area (Å²) in [6, 6.07) is 7.87. The summed E-state index contributed by atoms with van der Waals surface area (Å²) in [5.74, 6) is 1.18. The maximum absolute atomic E-state index is 11.4. The topological polar surface area (TPSA) is 53.6 Å². The molecule has 0 aromatic heterocycles. The summed E-state index contributed by atoms with van der Waals surface area (Å²) in [6.45, 7) is 0. The maximum Gasteiger partial charge on any atom is 0.412 e. The predicted molar refractivity (Wildman–Crippen MR) is 85.6 cm³/mol. The summed E-state index contributed by atoms with van der Waals surface area (Å²) in [5, 5.41) is 6.30. The third-order valence-corrected chi connectivity index (χ3v) is 5.28. The van der Waals surface area contributed by atoms with Gasteiger partial charge in [-0.1, -0.05) is 0 Å². The van der Waals surface area contributed by atoms with Gasteiger partial charge in [-0.2, -0.15) is 0 Å². The second-order valence-electron chi connectivity index (χ2n) is 6.69. The molecule has 1 aromatic rings. The average Bonchev–Trinajstić information content (AvgIpc) is 3.17. The van der Waals surface area contributed by atoms with Crippen molar-refractivity contribution in [2.45, 2.75) is 49.7 Å². The summed E-state index contributed by atoms with van der Waals surface area (Å²) in [4.78, 5) is 13.8. The third-order valence-electron chi connectivity index (χ3n) is 5.28. The van der Waals surface area contributed by atoms with E-state index in [1.54, 1.807) is 7.05 Å². The average molecular weight is 301 g/mol. The van der Waals surface area contributed by atoms with Gasteiger partial charge in [-0.05, 0) is 49.4 Å². The molecule has 2 saturated carbocycles. The highest BCUT2D eigenvalue weighted by atomic mass is 16.5. The smallest absolute Gasteiger partial charge is 0.410 e. The lowest BCUT2D eigenvalue weighted by Gasteiger charge is -2.29. The zero-order valence-corrected chi connectivity index (χ0v) is 13.1. The molecule has 5 heteroatoms. The fraction of sp³-hybridized carbons (Fsp3) is 0.588. The van der Waals surface area contributed by atoms with E-state index in [2.05, 4.69) is 28.6 Å². The van der Waals surface area contributed by atoms with Gasteiger partial charge in [0.25, 0.3) is 0 Å². The van der Waals surface area contributed by atoms with Crippen LogP contribution in [0.4, 0.5) is 10.5 Å². The molecule has 0 bridgehead atoms. The molecule has 4 rings (SSSR count). The minimum atomic E-state index is -0.414. The molecule has 0 radical (unpaired) electrons. The molecule has 2 aliphatic carbocycles. The van der Waals surface area contributed by atoms with Crippen LogP contribution in [-0.2, 0) is 0 Å². The molecule has 3 unspecified atom stereocenters. The number of nitrogens with one attached hydrogen (secondary N) is 2. The zero-order chi connectivity index (χ0) is 15.3. The Morgan fingerprint density at radius 1 is 1.27 bits per heavy atom. The molecule has 3 atom stereocenters. The number of rotatable bonds is 3. The maximum atomic E-state index is 11.4. The van der Waals surface area contributed by atoms with Crippen molar-refractivity contribution in [3.63, 3.8) is 0 Å². The molecule has 2 N–H and O–H groups in total. The quantitative estimate of drug-likeness (QED) is 0.899. The van der Waals surface area contributed by atoms with Crippen LogP contribution in [0.5, 0.6) is 5.75 Å². The second kappa shape index (κ2) is 5.16. The van der Waals surface area contributed by atoms with Crippen LogP contribution in [0.15, 0.2) is 18.2 Å². The van der Waals surface area contributed by atoms with E-state index in [9.17, 15) is 4.79 Å². The lowest BCUT2D eigenvalue weighted by molar-refractivity contribution is 0.203. The number of carbonyl (C=O) groups excluding carboxylic acids is 1. The molecule has 2 fully saturated rings. The number of anilines is 1. The number of fused-ring (bicyclic) bond motifs is 3. The summed E-state index contributed by atoms with van der Waals surface area (Å²) in [7, 11) is 3.76.